The smallest absolute Gasteiger partial charge is 0.324 e. The quantitative estimate of drug-likeness (QED) is 0.910. The van der Waals surface area contributed by atoms with Crippen molar-refractivity contribution >= 4 is 15.9 Å². The van der Waals surface area contributed by atoms with Crippen LogP contribution in [0.25, 0.3) is 0 Å². The number of benzene rings is 1. The van der Waals surface area contributed by atoms with E-state index in [1.165, 1.54) is 6.20 Å². The Hall–Kier alpha value is -1.40. The first kappa shape index (κ1) is 15.0. The number of nitrogens with two attached hydrogens (primary N) is 1. The van der Waals surface area contributed by atoms with E-state index < -0.39 is 17.8 Å². The Kier molecular flexibility index (Phi) is 4.45. The van der Waals surface area contributed by atoms with Crippen molar-refractivity contribution in [2.24, 2.45) is 5.73 Å². The lowest BCUT2D eigenvalue weighted by molar-refractivity contribution is -0.138. The molecule has 1 aromatic heterocycles. The Morgan fingerprint density at radius 1 is 1.25 bits per heavy atom. The van der Waals surface area contributed by atoms with Crippen molar-refractivity contribution in [2.75, 3.05) is 0 Å². The molecule has 106 valence electrons. The number of hydrogen-bond donors (Lipinski definition) is 1. The highest BCUT2D eigenvalue weighted by atomic mass is 79.9. The molecule has 0 aliphatic carbocycles. The number of rotatable bonds is 3. The van der Waals surface area contributed by atoms with Crippen molar-refractivity contribution in [3.8, 4) is 0 Å². The minimum absolute atomic E-state index is 0.0139. The van der Waals surface area contributed by atoms with Crippen LogP contribution in [-0.4, -0.2) is 4.98 Å². The van der Waals surface area contributed by atoms with E-state index in [1.54, 1.807) is 0 Å². The van der Waals surface area contributed by atoms with E-state index in [9.17, 15) is 13.2 Å². The molecule has 0 amide bonds. The van der Waals surface area contributed by atoms with Crippen LogP contribution in [0.1, 0.15) is 22.7 Å². The van der Waals surface area contributed by atoms with Gasteiger partial charge in [-0.25, -0.2) is 0 Å². The van der Waals surface area contributed by atoms with Crippen LogP contribution in [0.5, 0.6) is 0 Å². The second-order valence-corrected chi connectivity index (χ2v) is 5.32. The Morgan fingerprint density at radius 3 is 2.65 bits per heavy atom. The van der Waals surface area contributed by atoms with Gasteiger partial charge in [0.25, 0.3) is 0 Å². The zero-order valence-corrected chi connectivity index (χ0v) is 11.9. The van der Waals surface area contributed by atoms with Gasteiger partial charge in [0.2, 0.25) is 0 Å². The highest BCUT2D eigenvalue weighted by Crippen LogP contribution is 2.34. The summed E-state index contributed by atoms with van der Waals surface area (Å²) in [7, 11) is 0. The molecule has 0 bridgehead atoms. The van der Waals surface area contributed by atoms with Crippen LogP contribution in [-0.2, 0) is 12.6 Å². The molecule has 0 spiro atoms. The van der Waals surface area contributed by atoms with E-state index in [0.717, 1.165) is 22.3 Å². The molecular weight excluding hydrogens is 333 g/mol. The van der Waals surface area contributed by atoms with Gasteiger partial charge in [-0.2, -0.15) is 13.2 Å². The van der Waals surface area contributed by atoms with Gasteiger partial charge in [-0.1, -0.05) is 28.1 Å². The van der Waals surface area contributed by atoms with Gasteiger partial charge in [-0.05, 0) is 35.7 Å². The molecule has 0 aliphatic heterocycles. The van der Waals surface area contributed by atoms with Crippen molar-refractivity contribution in [1.82, 2.24) is 4.98 Å². The maximum atomic E-state index is 12.9. The average Bonchev–Trinajstić information content (AvgIpc) is 2.37. The van der Waals surface area contributed by atoms with E-state index in [0.29, 0.717) is 6.42 Å². The Balaban J connectivity index is 2.28. The first-order chi connectivity index (χ1) is 9.38. The highest BCUT2D eigenvalue weighted by Gasteiger charge is 2.34. The molecule has 2 aromatic rings. The van der Waals surface area contributed by atoms with Crippen LogP contribution < -0.4 is 5.73 Å². The van der Waals surface area contributed by atoms with Gasteiger partial charge in [0.1, 0.15) is 0 Å². The molecule has 20 heavy (non-hydrogen) atoms. The summed E-state index contributed by atoms with van der Waals surface area (Å²) in [4.78, 5) is 3.75. The molecular formula is C14H12BrF3N2. The number of nitrogens with zero attached hydrogens (tertiary/aromatic N) is 1. The maximum Gasteiger partial charge on any atom is 0.416 e. The second kappa shape index (κ2) is 5.93. The van der Waals surface area contributed by atoms with E-state index in [-0.39, 0.29) is 5.56 Å². The van der Waals surface area contributed by atoms with Gasteiger partial charge in [0.15, 0.2) is 0 Å². The summed E-state index contributed by atoms with van der Waals surface area (Å²) in [6.07, 6.45) is -1.80. The topological polar surface area (TPSA) is 38.9 Å². The molecule has 1 unspecified atom stereocenters. The van der Waals surface area contributed by atoms with E-state index in [1.807, 2.05) is 24.3 Å². The van der Waals surface area contributed by atoms with Gasteiger partial charge < -0.3 is 5.73 Å². The molecule has 0 fully saturated rings. The largest absolute Gasteiger partial charge is 0.416 e. The minimum Gasteiger partial charge on any atom is -0.324 e. The Bertz CT molecular complexity index is 599. The third kappa shape index (κ3) is 3.58. The molecule has 0 aliphatic rings. The van der Waals surface area contributed by atoms with Gasteiger partial charge in [0.05, 0.1) is 5.56 Å². The standard InChI is InChI=1S/C14H12BrF3N2/c15-10-3-1-2-9(6-10)7-13(19)11-8-20-5-4-12(11)14(16,17)18/h1-6,8,13H,7,19H2. The monoisotopic (exact) mass is 344 g/mol. The Morgan fingerprint density at radius 2 is 2.00 bits per heavy atom. The number of aromatic nitrogens is 1. The summed E-state index contributed by atoms with van der Waals surface area (Å²) in [6, 6.07) is 7.53. The summed E-state index contributed by atoms with van der Waals surface area (Å²) >= 11 is 3.32. The molecule has 0 saturated heterocycles. The van der Waals surface area contributed by atoms with E-state index in [4.69, 9.17) is 5.73 Å². The summed E-state index contributed by atoms with van der Waals surface area (Å²) in [6.45, 7) is 0. The molecule has 2 rings (SSSR count). The SMILES string of the molecule is NC(Cc1cccc(Br)c1)c1cnccc1C(F)(F)F. The molecule has 1 aromatic carbocycles. The normalized spacial score (nSPS) is 13.2. The number of alkyl halides is 3. The van der Waals surface area contributed by atoms with Gasteiger partial charge >= 0.3 is 6.18 Å². The van der Waals surface area contributed by atoms with Gasteiger partial charge in [-0.3, -0.25) is 4.98 Å². The second-order valence-electron chi connectivity index (χ2n) is 4.40. The fraction of sp³-hybridized carbons (Fsp3) is 0.214. The highest BCUT2D eigenvalue weighted by molar-refractivity contribution is 9.10. The number of pyridine rings is 1. The summed E-state index contributed by atoms with van der Waals surface area (Å²) in [5.74, 6) is 0. The van der Waals surface area contributed by atoms with Crippen molar-refractivity contribution < 1.29 is 13.2 Å². The lowest BCUT2D eigenvalue weighted by Crippen LogP contribution is -2.19. The van der Waals surface area contributed by atoms with E-state index >= 15 is 0 Å². The maximum absolute atomic E-state index is 12.9. The summed E-state index contributed by atoms with van der Waals surface area (Å²) < 4.78 is 39.6. The molecule has 6 heteroatoms. The first-order valence-corrected chi connectivity index (χ1v) is 6.68. The first-order valence-electron chi connectivity index (χ1n) is 5.89. The number of hydrogen-bond acceptors (Lipinski definition) is 2. The zero-order chi connectivity index (χ0) is 14.8. The minimum atomic E-state index is -4.42. The van der Waals surface area contributed by atoms with Crippen molar-refractivity contribution in [3.63, 3.8) is 0 Å². The number of halogens is 4. The van der Waals surface area contributed by atoms with Crippen LogP contribution in [0.15, 0.2) is 47.2 Å². The lowest BCUT2D eigenvalue weighted by atomic mass is 9.97. The van der Waals surface area contributed by atoms with Crippen LogP contribution in [0.3, 0.4) is 0 Å². The average molecular weight is 345 g/mol. The molecule has 0 saturated carbocycles. The molecule has 2 N–H and O–H groups in total. The lowest BCUT2D eigenvalue weighted by Gasteiger charge is -2.17. The fourth-order valence-corrected chi connectivity index (χ4v) is 2.43. The molecule has 2 nitrogen and oxygen atoms in total. The summed E-state index contributed by atoms with van der Waals surface area (Å²) in [5.41, 5.74) is 6.07. The molecule has 1 heterocycles. The van der Waals surface area contributed by atoms with Crippen molar-refractivity contribution in [2.45, 2.75) is 18.6 Å². The van der Waals surface area contributed by atoms with Crippen LogP contribution in [0.2, 0.25) is 0 Å². The van der Waals surface area contributed by atoms with Crippen LogP contribution in [0.4, 0.5) is 13.2 Å². The predicted octanol–water partition coefficient (Wildman–Crippen LogP) is 4.11. The summed E-state index contributed by atoms with van der Waals surface area (Å²) in [5, 5.41) is 0. The molecule has 0 radical (unpaired) electrons. The third-order valence-electron chi connectivity index (χ3n) is 2.90. The molecule has 1 atom stereocenters. The Labute approximate surface area is 123 Å². The predicted molar refractivity (Wildman–Crippen MR) is 74.0 cm³/mol. The van der Waals surface area contributed by atoms with Gasteiger partial charge in [0, 0.05) is 22.9 Å². The van der Waals surface area contributed by atoms with Crippen LogP contribution >= 0.6 is 15.9 Å². The third-order valence-corrected chi connectivity index (χ3v) is 3.39. The van der Waals surface area contributed by atoms with Gasteiger partial charge in [-0.15, -0.1) is 0 Å². The van der Waals surface area contributed by atoms with Crippen molar-refractivity contribution in [1.29, 1.82) is 0 Å². The fourth-order valence-electron chi connectivity index (χ4n) is 1.99. The zero-order valence-electron chi connectivity index (χ0n) is 10.4. The van der Waals surface area contributed by atoms with E-state index in [2.05, 4.69) is 20.9 Å². The van der Waals surface area contributed by atoms with Crippen LogP contribution in [0, 0.1) is 0 Å². The van der Waals surface area contributed by atoms with Crippen molar-refractivity contribution in [3.05, 3.63) is 63.9 Å².